The summed E-state index contributed by atoms with van der Waals surface area (Å²) in [6.07, 6.45) is 0.666. The van der Waals surface area contributed by atoms with Crippen molar-refractivity contribution in [3.8, 4) is 0 Å². The first-order chi connectivity index (χ1) is 10.3. The van der Waals surface area contributed by atoms with Crippen molar-refractivity contribution < 1.29 is 14.3 Å². The van der Waals surface area contributed by atoms with E-state index in [0.29, 0.717) is 18.6 Å². The van der Waals surface area contributed by atoms with Gasteiger partial charge < -0.3 is 10.1 Å². The van der Waals surface area contributed by atoms with E-state index in [0.717, 1.165) is 5.56 Å². The lowest BCUT2D eigenvalue weighted by atomic mass is 10.2. The molecule has 0 spiro atoms. The second-order valence-corrected chi connectivity index (χ2v) is 4.50. The quantitative estimate of drug-likeness (QED) is 0.827. The summed E-state index contributed by atoms with van der Waals surface area (Å²) in [7, 11) is 0. The molecule has 21 heavy (non-hydrogen) atoms. The molecular formula is C17H17NO3. The lowest BCUT2D eigenvalue weighted by Gasteiger charge is -2.06. The predicted molar refractivity (Wildman–Crippen MR) is 79.9 cm³/mol. The molecule has 0 unspecified atom stereocenters. The van der Waals surface area contributed by atoms with Crippen LogP contribution >= 0.6 is 0 Å². The third-order valence-corrected chi connectivity index (χ3v) is 2.93. The first-order valence-corrected chi connectivity index (χ1v) is 6.78. The summed E-state index contributed by atoms with van der Waals surface area (Å²) in [5.74, 6) is -0.717. The van der Waals surface area contributed by atoms with Gasteiger partial charge in [0.25, 0.3) is 5.91 Å². The molecule has 0 aliphatic rings. The maximum Gasteiger partial charge on any atom is 0.325 e. The van der Waals surface area contributed by atoms with Crippen molar-refractivity contribution in [2.24, 2.45) is 0 Å². The highest BCUT2D eigenvalue weighted by Crippen LogP contribution is 2.00. The highest BCUT2D eigenvalue weighted by Gasteiger charge is 2.08. The van der Waals surface area contributed by atoms with Crippen molar-refractivity contribution in [1.29, 1.82) is 0 Å². The van der Waals surface area contributed by atoms with Crippen LogP contribution in [0.15, 0.2) is 60.7 Å². The Morgan fingerprint density at radius 2 is 1.52 bits per heavy atom. The van der Waals surface area contributed by atoms with Crippen LogP contribution in [0.5, 0.6) is 0 Å². The third kappa shape index (κ3) is 5.10. The van der Waals surface area contributed by atoms with Gasteiger partial charge in [0.15, 0.2) is 0 Å². The molecule has 4 nitrogen and oxygen atoms in total. The molecule has 0 saturated carbocycles. The minimum Gasteiger partial charge on any atom is -0.464 e. The second-order valence-electron chi connectivity index (χ2n) is 4.50. The topological polar surface area (TPSA) is 55.4 Å². The Balaban J connectivity index is 1.67. The summed E-state index contributed by atoms with van der Waals surface area (Å²) < 4.78 is 5.08. The number of ether oxygens (including phenoxy) is 1. The number of esters is 1. The molecule has 0 fully saturated rings. The highest BCUT2D eigenvalue weighted by molar-refractivity contribution is 5.95. The van der Waals surface area contributed by atoms with Crippen LogP contribution in [-0.2, 0) is 16.0 Å². The van der Waals surface area contributed by atoms with Crippen LogP contribution in [0.2, 0.25) is 0 Å². The van der Waals surface area contributed by atoms with Gasteiger partial charge in [-0.25, -0.2) is 0 Å². The van der Waals surface area contributed by atoms with Crippen LogP contribution in [0.25, 0.3) is 0 Å². The van der Waals surface area contributed by atoms with E-state index in [1.165, 1.54) is 0 Å². The van der Waals surface area contributed by atoms with Crippen molar-refractivity contribution in [1.82, 2.24) is 5.32 Å². The van der Waals surface area contributed by atoms with Gasteiger partial charge in [0, 0.05) is 12.0 Å². The Labute approximate surface area is 123 Å². The van der Waals surface area contributed by atoms with Crippen LogP contribution in [0, 0.1) is 0 Å². The molecule has 0 bridgehead atoms. The molecule has 4 heteroatoms. The van der Waals surface area contributed by atoms with Crippen molar-refractivity contribution in [2.75, 3.05) is 13.2 Å². The molecule has 108 valence electrons. The Morgan fingerprint density at radius 1 is 0.905 bits per heavy atom. The molecule has 0 atom stereocenters. The zero-order chi connectivity index (χ0) is 14.9. The van der Waals surface area contributed by atoms with Gasteiger partial charge in [0.05, 0.1) is 6.61 Å². The van der Waals surface area contributed by atoms with E-state index < -0.39 is 5.97 Å². The molecule has 1 amide bonds. The fourth-order valence-corrected chi connectivity index (χ4v) is 1.82. The smallest absolute Gasteiger partial charge is 0.325 e. The van der Waals surface area contributed by atoms with Crippen LogP contribution in [-0.4, -0.2) is 25.0 Å². The summed E-state index contributed by atoms with van der Waals surface area (Å²) >= 11 is 0. The number of carbonyl (C=O) groups is 2. The molecule has 2 aromatic carbocycles. The van der Waals surface area contributed by atoms with Gasteiger partial charge in [0.2, 0.25) is 0 Å². The number of hydrogen-bond acceptors (Lipinski definition) is 3. The molecule has 0 heterocycles. The molecule has 0 aromatic heterocycles. The van der Waals surface area contributed by atoms with Crippen molar-refractivity contribution in [3.05, 3.63) is 71.8 Å². The van der Waals surface area contributed by atoms with Gasteiger partial charge >= 0.3 is 5.97 Å². The first kappa shape index (κ1) is 14.8. The van der Waals surface area contributed by atoms with Gasteiger partial charge in [-0.1, -0.05) is 48.5 Å². The fraction of sp³-hybridized carbons (Fsp3) is 0.176. The van der Waals surface area contributed by atoms with Crippen molar-refractivity contribution >= 4 is 11.9 Å². The summed E-state index contributed by atoms with van der Waals surface area (Å²) in [5.41, 5.74) is 1.63. The third-order valence-electron chi connectivity index (χ3n) is 2.93. The Bertz CT molecular complexity index is 581. The number of nitrogens with one attached hydrogen (secondary N) is 1. The van der Waals surface area contributed by atoms with E-state index in [9.17, 15) is 9.59 Å². The highest BCUT2D eigenvalue weighted by atomic mass is 16.5. The Hall–Kier alpha value is -2.62. The summed E-state index contributed by atoms with van der Waals surface area (Å²) in [6.45, 7) is 0.187. The van der Waals surface area contributed by atoms with Gasteiger partial charge in [-0.15, -0.1) is 0 Å². The van der Waals surface area contributed by atoms with Gasteiger partial charge in [-0.05, 0) is 17.7 Å². The number of rotatable bonds is 6. The maximum absolute atomic E-state index is 11.7. The van der Waals surface area contributed by atoms with Crippen LogP contribution in [0.1, 0.15) is 15.9 Å². The van der Waals surface area contributed by atoms with Crippen LogP contribution in [0.4, 0.5) is 0 Å². The van der Waals surface area contributed by atoms with Crippen LogP contribution in [0.3, 0.4) is 0 Å². The molecular weight excluding hydrogens is 266 g/mol. The average Bonchev–Trinajstić information content (AvgIpc) is 2.54. The predicted octanol–water partition coefficient (Wildman–Crippen LogP) is 2.20. The molecule has 0 aliphatic heterocycles. The van der Waals surface area contributed by atoms with Gasteiger partial charge in [-0.3, -0.25) is 9.59 Å². The fourth-order valence-electron chi connectivity index (χ4n) is 1.82. The summed E-state index contributed by atoms with van der Waals surface area (Å²) in [4.78, 5) is 23.3. The van der Waals surface area contributed by atoms with E-state index in [2.05, 4.69) is 5.32 Å². The van der Waals surface area contributed by atoms with E-state index >= 15 is 0 Å². The lowest BCUT2D eigenvalue weighted by Crippen LogP contribution is -2.30. The van der Waals surface area contributed by atoms with Crippen LogP contribution < -0.4 is 5.32 Å². The first-order valence-electron chi connectivity index (χ1n) is 6.78. The molecule has 0 radical (unpaired) electrons. The largest absolute Gasteiger partial charge is 0.464 e. The SMILES string of the molecule is O=C(CNC(=O)c1ccccc1)OCCc1ccccc1. The summed E-state index contributed by atoms with van der Waals surface area (Å²) in [6, 6.07) is 18.5. The molecule has 2 rings (SSSR count). The molecule has 2 aromatic rings. The number of carbonyl (C=O) groups excluding carboxylic acids is 2. The number of amides is 1. The standard InChI is InChI=1S/C17H17NO3/c19-16(21-12-11-14-7-3-1-4-8-14)13-18-17(20)15-9-5-2-6-10-15/h1-10H,11-13H2,(H,18,20). The average molecular weight is 283 g/mol. The second kappa shape index (κ2) is 7.85. The number of benzene rings is 2. The molecule has 0 aliphatic carbocycles. The monoisotopic (exact) mass is 283 g/mol. The van der Waals surface area contributed by atoms with E-state index in [-0.39, 0.29) is 12.5 Å². The van der Waals surface area contributed by atoms with Crippen molar-refractivity contribution in [2.45, 2.75) is 6.42 Å². The lowest BCUT2D eigenvalue weighted by molar-refractivity contribution is -0.142. The Morgan fingerprint density at radius 3 is 2.19 bits per heavy atom. The van der Waals surface area contributed by atoms with E-state index in [1.807, 2.05) is 36.4 Å². The van der Waals surface area contributed by atoms with E-state index in [4.69, 9.17) is 4.74 Å². The zero-order valence-corrected chi connectivity index (χ0v) is 11.6. The normalized spacial score (nSPS) is 9.90. The number of hydrogen-bond donors (Lipinski definition) is 1. The summed E-state index contributed by atoms with van der Waals surface area (Å²) in [5, 5.41) is 2.53. The minimum absolute atomic E-state index is 0.123. The Kier molecular flexibility index (Phi) is 5.52. The zero-order valence-electron chi connectivity index (χ0n) is 11.6. The van der Waals surface area contributed by atoms with Gasteiger partial charge in [0.1, 0.15) is 6.54 Å². The minimum atomic E-state index is -0.435. The van der Waals surface area contributed by atoms with Gasteiger partial charge in [-0.2, -0.15) is 0 Å². The van der Waals surface area contributed by atoms with E-state index in [1.54, 1.807) is 24.3 Å². The molecule has 0 saturated heterocycles. The molecule has 1 N–H and O–H groups in total. The maximum atomic E-state index is 11.7. The van der Waals surface area contributed by atoms with Crippen molar-refractivity contribution in [3.63, 3.8) is 0 Å².